The Kier molecular flexibility index (Phi) is 6.32. The van der Waals surface area contributed by atoms with E-state index in [1.54, 1.807) is 7.61 Å². The summed E-state index contributed by atoms with van der Waals surface area (Å²) in [6.45, 7) is 0. The van der Waals surface area contributed by atoms with E-state index in [-0.39, 0.29) is 0 Å². The predicted octanol–water partition coefficient (Wildman–Crippen LogP) is 4.73. The van der Waals surface area contributed by atoms with Gasteiger partial charge < -0.3 is 0 Å². The predicted molar refractivity (Wildman–Crippen MR) is 117 cm³/mol. The molecule has 0 nitrogen and oxygen atoms in total. The van der Waals surface area contributed by atoms with Crippen molar-refractivity contribution in [2.75, 3.05) is 0 Å². The zero-order valence-electron chi connectivity index (χ0n) is 12.4. The van der Waals surface area contributed by atoms with Crippen molar-refractivity contribution in [3.05, 3.63) is 87.6 Å². The van der Waals surface area contributed by atoms with E-state index >= 15 is 0 Å². The van der Waals surface area contributed by atoms with Crippen LogP contribution >= 0.6 is 47.0 Å². The van der Waals surface area contributed by atoms with Crippen molar-refractivity contribution in [3.63, 3.8) is 0 Å². The van der Waals surface area contributed by atoms with Gasteiger partial charge in [0.05, 0.1) is 0 Å². The van der Waals surface area contributed by atoms with Gasteiger partial charge in [-0.15, -0.1) is 0 Å². The topological polar surface area (TPSA) is 0 Å². The summed E-state index contributed by atoms with van der Waals surface area (Å²) >= 11 is 8.55. The van der Waals surface area contributed by atoms with E-state index in [4.69, 9.17) is 0 Å². The Morgan fingerprint density at radius 2 is 1.00 bits per heavy atom. The summed E-state index contributed by atoms with van der Waals surface area (Å²) in [5.74, 6) is 0. The fourth-order valence-corrected chi connectivity index (χ4v) is 13.8. The van der Waals surface area contributed by atoms with Gasteiger partial charge in [0.1, 0.15) is 0 Å². The molecule has 0 atom stereocenters. The molecule has 0 unspecified atom stereocenters. The molecule has 0 amide bonds. The van der Waals surface area contributed by atoms with Crippen LogP contribution in [-0.4, -0.2) is 29.9 Å². The molecule has 2 aliphatic rings. The van der Waals surface area contributed by atoms with Crippen molar-refractivity contribution in [1.82, 2.24) is 0 Å². The Bertz CT molecular complexity index is 748. The van der Waals surface area contributed by atoms with E-state index in [0.717, 1.165) is 0 Å². The summed E-state index contributed by atoms with van der Waals surface area (Å²) in [7, 11) is 0. The summed E-state index contributed by atoms with van der Waals surface area (Å²) in [6.07, 6.45) is 0. The molecule has 0 aromatic heterocycles. The number of thioether (sulfide) groups is 4. The van der Waals surface area contributed by atoms with Gasteiger partial charge in [0, 0.05) is 0 Å². The molecule has 0 bridgehead atoms. The van der Waals surface area contributed by atoms with Gasteiger partial charge in [-0.1, -0.05) is 0 Å². The molecule has 4 rings (SSSR count). The Morgan fingerprint density at radius 3 is 1.46 bits per heavy atom. The van der Waals surface area contributed by atoms with Crippen LogP contribution in [0.2, 0.25) is 0 Å². The number of benzene rings is 2. The summed E-state index contributed by atoms with van der Waals surface area (Å²) in [4.78, 5) is 0. The van der Waals surface area contributed by atoms with Gasteiger partial charge in [-0.2, -0.15) is 0 Å². The first-order valence-electron chi connectivity index (χ1n) is 7.17. The quantitative estimate of drug-likeness (QED) is 0.541. The summed E-state index contributed by atoms with van der Waals surface area (Å²) in [5, 5.41) is 4.38. The first kappa shape index (κ1) is 17.5. The fourth-order valence-electron chi connectivity index (χ4n) is 1.98. The van der Waals surface area contributed by atoms with Crippen LogP contribution in [0.1, 0.15) is 0 Å². The summed E-state index contributed by atoms with van der Waals surface area (Å²) in [6, 6.07) is 21.9. The number of rotatable bonds is 4. The molecule has 0 N–H and O–H groups in total. The Morgan fingerprint density at radius 1 is 0.542 bits per heavy atom. The monoisotopic (exact) mass is 516 g/mol. The third-order valence-electron chi connectivity index (χ3n) is 3.02. The standard InChI is InChI=1S/C18H12S4Se2/c1-3-7-13(8-4-1)23-17-18(24-14-9-5-2-6-10-14)22-16(21-17)15-19-11-12-20-15/h1-12H. The maximum absolute atomic E-state index is 2.26. The summed E-state index contributed by atoms with van der Waals surface area (Å²) in [5.41, 5.74) is 0. The Hall–Kier alpha value is 0.0990. The van der Waals surface area contributed by atoms with Crippen molar-refractivity contribution in [2.24, 2.45) is 0 Å². The van der Waals surface area contributed by atoms with Crippen molar-refractivity contribution in [2.45, 2.75) is 0 Å². The first-order chi connectivity index (χ1) is 11.9. The molecule has 0 saturated carbocycles. The van der Waals surface area contributed by atoms with E-state index in [1.165, 1.54) is 17.4 Å². The Balaban J connectivity index is 1.60. The summed E-state index contributed by atoms with van der Waals surface area (Å²) < 4.78 is 9.05. The molecule has 2 aliphatic heterocycles. The van der Waals surface area contributed by atoms with Crippen LogP contribution in [0.4, 0.5) is 0 Å². The van der Waals surface area contributed by atoms with Crippen LogP contribution in [0.25, 0.3) is 0 Å². The second-order valence-electron chi connectivity index (χ2n) is 4.69. The number of hydrogen-bond donors (Lipinski definition) is 0. The van der Waals surface area contributed by atoms with Crippen LogP contribution in [0.5, 0.6) is 0 Å². The molecule has 24 heavy (non-hydrogen) atoms. The SMILES string of the molecule is C1=CSC(=C2SC([Se]c3ccccc3)=C([Se]c3ccccc3)S2)S1. The molecular weight excluding hydrogens is 502 g/mol. The van der Waals surface area contributed by atoms with Gasteiger partial charge in [0.2, 0.25) is 0 Å². The van der Waals surface area contributed by atoms with Crippen molar-refractivity contribution >= 4 is 85.9 Å². The van der Waals surface area contributed by atoms with Crippen LogP contribution < -0.4 is 8.92 Å². The van der Waals surface area contributed by atoms with Crippen molar-refractivity contribution in [3.8, 4) is 0 Å². The molecule has 2 aromatic rings. The molecule has 2 heterocycles. The van der Waals surface area contributed by atoms with Crippen molar-refractivity contribution < 1.29 is 0 Å². The van der Waals surface area contributed by atoms with E-state index < -0.39 is 0 Å². The van der Waals surface area contributed by atoms with Gasteiger partial charge in [-0.3, -0.25) is 0 Å². The third-order valence-corrected chi connectivity index (χ3v) is 14.8. The Labute approximate surface area is 172 Å². The minimum absolute atomic E-state index is 0.397. The normalized spacial score (nSPS) is 17.2. The van der Waals surface area contributed by atoms with Crippen LogP contribution in [0, 0.1) is 0 Å². The van der Waals surface area contributed by atoms with E-state index in [2.05, 4.69) is 71.5 Å². The molecule has 120 valence electrons. The molecule has 6 heteroatoms. The average Bonchev–Trinajstić information content (AvgIpc) is 3.27. The van der Waals surface area contributed by atoms with E-state index in [0.29, 0.717) is 29.9 Å². The molecule has 0 fully saturated rings. The second kappa shape index (κ2) is 8.66. The molecule has 2 aromatic carbocycles. The first-order valence-corrected chi connectivity index (χ1v) is 14.0. The molecule has 0 spiro atoms. The van der Waals surface area contributed by atoms with Crippen LogP contribution in [0.3, 0.4) is 0 Å². The third kappa shape index (κ3) is 4.43. The molecular formula is C18H12S4Se2. The molecule has 0 aliphatic carbocycles. The maximum atomic E-state index is 2.26. The fraction of sp³-hybridized carbons (Fsp3) is 0. The molecule has 0 saturated heterocycles. The van der Waals surface area contributed by atoms with Gasteiger partial charge in [-0.25, -0.2) is 0 Å². The zero-order valence-corrected chi connectivity index (χ0v) is 19.1. The minimum atomic E-state index is 0.397. The van der Waals surface area contributed by atoms with E-state index in [9.17, 15) is 0 Å². The van der Waals surface area contributed by atoms with Gasteiger partial charge in [0.25, 0.3) is 0 Å². The zero-order chi connectivity index (χ0) is 16.2. The molecule has 0 radical (unpaired) electrons. The average molecular weight is 514 g/mol. The van der Waals surface area contributed by atoms with Crippen LogP contribution in [-0.2, 0) is 0 Å². The second-order valence-corrected chi connectivity index (χ2v) is 14.8. The van der Waals surface area contributed by atoms with Crippen LogP contribution in [0.15, 0.2) is 87.6 Å². The van der Waals surface area contributed by atoms with Crippen molar-refractivity contribution in [1.29, 1.82) is 0 Å². The number of hydrogen-bond acceptors (Lipinski definition) is 4. The van der Waals surface area contributed by atoms with E-state index in [1.807, 2.05) is 47.0 Å². The van der Waals surface area contributed by atoms with Gasteiger partial charge >= 0.3 is 173 Å². The van der Waals surface area contributed by atoms with Gasteiger partial charge in [0.15, 0.2) is 0 Å². The van der Waals surface area contributed by atoms with Gasteiger partial charge in [-0.05, 0) is 0 Å².